The Balaban J connectivity index is 1.21. The zero-order valence-electron chi connectivity index (χ0n) is 49.6. The summed E-state index contributed by atoms with van der Waals surface area (Å²) < 4.78 is 0. The standard InChI is InChI=1S/C76H78BN3/c1-49-41-50(2)71-61(42-49)75(12)39-23-24-40-76(75,13)80(71)58-47-68-70-69(48-58)79(65-37-33-56(73(6,7)8)45-60(65)53-29-21-16-22-30-53)67-43-54(51-25-17-14-18-26-51)31-35-62(67)77(70)63-46-57(74(9,10)11)34-38-66(63)78(68)64-36-32-55(72(3,4)5)44-59(64)52-27-19-15-20-28-52/h14-22,25-38,41-48H,23-24,39-40H2,1-13H3. The lowest BCUT2D eigenvalue weighted by atomic mass is 9.33. The van der Waals surface area contributed by atoms with Gasteiger partial charge in [-0.2, -0.15) is 0 Å². The lowest BCUT2D eigenvalue weighted by molar-refractivity contribution is 0.195. The predicted octanol–water partition coefficient (Wildman–Crippen LogP) is 19.0. The largest absolute Gasteiger partial charge is 0.334 e. The number of rotatable bonds is 6. The number of hydrogen-bond donors (Lipinski definition) is 0. The van der Waals surface area contributed by atoms with Crippen LogP contribution in [0.5, 0.6) is 0 Å². The third-order valence-corrected chi connectivity index (χ3v) is 19.2. The van der Waals surface area contributed by atoms with Gasteiger partial charge < -0.3 is 14.7 Å². The molecule has 400 valence electrons. The van der Waals surface area contributed by atoms with Crippen LogP contribution in [0.1, 0.15) is 135 Å². The van der Waals surface area contributed by atoms with Crippen molar-refractivity contribution in [1.82, 2.24) is 0 Å². The van der Waals surface area contributed by atoms with Crippen molar-refractivity contribution in [3.63, 3.8) is 0 Å². The first kappa shape index (κ1) is 51.9. The van der Waals surface area contributed by atoms with Gasteiger partial charge in [0, 0.05) is 50.7 Å². The van der Waals surface area contributed by atoms with E-state index in [4.69, 9.17) is 0 Å². The molecule has 13 rings (SSSR count). The van der Waals surface area contributed by atoms with E-state index in [1.165, 1.54) is 141 Å². The van der Waals surface area contributed by atoms with Gasteiger partial charge in [-0.1, -0.05) is 227 Å². The first-order chi connectivity index (χ1) is 38.1. The van der Waals surface area contributed by atoms with Gasteiger partial charge in [-0.15, -0.1) is 0 Å². The quantitative estimate of drug-likeness (QED) is 0.154. The lowest BCUT2D eigenvalue weighted by Gasteiger charge is -2.51. The lowest BCUT2D eigenvalue weighted by Crippen LogP contribution is -2.61. The van der Waals surface area contributed by atoms with Crippen LogP contribution in [-0.2, 0) is 21.7 Å². The zero-order chi connectivity index (χ0) is 55.8. The highest BCUT2D eigenvalue weighted by Crippen LogP contribution is 2.63. The molecular formula is C76H78BN3. The van der Waals surface area contributed by atoms with E-state index in [1.54, 1.807) is 0 Å². The summed E-state index contributed by atoms with van der Waals surface area (Å²) in [4.78, 5) is 8.25. The first-order valence-corrected chi connectivity index (χ1v) is 29.6. The van der Waals surface area contributed by atoms with E-state index >= 15 is 0 Å². The molecule has 0 amide bonds. The van der Waals surface area contributed by atoms with Crippen molar-refractivity contribution in [3.05, 3.63) is 221 Å². The highest BCUT2D eigenvalue weighted by Gasteiger charge is 2.59. The van der Waals surface area contributed by atoms with Gasteiger partial charge in [-0.25, -0.2) is 0 Å². The van der Waals surface area contributed by atoms with Crippen LogP contribution in [0.3, 0.4) is 0 Å². The fourth-order valence-electron chi connectivity index (χ4n) is 14.6. The molecule has 1 fully saturated rings. The Labute approximate surface area is 478 Å². The monoisotopic (exact) mass is 1040 g/mol. The van der Waals surface area contributed by atoms with Crippen molar-refractivity contribution in [1.29, 1.82) is 0 Å². The molecule has 4 aliphatic rings. The molecule has 2 unspecified atom stereocenters. The Hall–Kier alpha value is -7.56. The van der Waals surface area contributed by atoms with Gasteiger partial charge in [0.25, 0.3) is 6.71 Å². The molecule has 80 heavy (non-hydrogen) atoms. The van der Waals surface area contributed by atoms with E-state index in [0.29, 0.717) is 0 Å². The maximum Gasteiger partial charge on any atom is 0.252 e. The fourth-order valence-corrected chi connectivity index (χ4v) is 14.6. The number of fused-ring (bicyclic) bond motifs is 7. The Bertz CT molecular complexity index is 3910. The topological polar surface area (TPSA) is 9.72 Å². The zero-order valence-corrected chi connectivity index (χ0v) is 49.6. The minimum Gasteiger partial charge on any atom is -0.334 e. The Morgan fingerprint density at radius 2 is 0.900 bits per heavy atom. The van der Waals surface area contributed by atoms with E-state index in [0.717, 1.165) is 12.8 Å². The molecule has 0 bridgehead atoms. The summed E-state index contributed by atoms with van der Waals surface area (Å²) >= 11 is 0. The van der Waals surface area contributed by atoms with E-state index in [-0.39, 0.29) is 33.9 Å². The van der Waals surface area contributed by atoms with Crippen molar-refractivity contribution in [2.24, 2.45) is 0 Å². The predicted molar refractivity (Wildman–Crippen MR) is 345 cm³/mol. The van der Waals surface area contributed by atoms with Crippen LogP contribution >= 0.6 is 0 Å². The molecule has 9 aromatic rings. The summed E-state index contributed by atoms with van der Waals surface area (Å²) in [6, 6.07) is 73.1. The molecule has 9 aromatic carbocycles. The summed E-state index contributed by atoms with van der Waals surface area (Å²) in [7, 11) is 0. The minimum atomic E-state index is -0.184. The summed E-state index contributed by atoms with van der Waals surface area (Å²) in [5.74, 6) is 0. The second kappa shape index (κ2) is 18.5. The molecule has 3 aliphatic heterocycles. The number of anilines is 8. The number of nitrogens with zero attached hydrogens (tertiary/aromatic N) is 3. The van der Waals surface area contributed by atoms with Crippen LogP contribution < -0.4 is 31.1 Å². The summed E-state index contributed by atoms with van der Waals surface area (Å²) in [5.41, 5.74) is 28.9. The molecule has 0 radical (unpaired) electrons. The van der Waals surface area contributed by atoms with Crippen molar-refractivity contribution in [2.75, 3.05) is 14.7 Å². The Morgan fingerprint density at radius 1 is 0.412 bits per heavy atom. The van der Waals surface area contributed by atoms with E-state index < -0.39 is 0 Å². The highest BCUT2D eigenvalue weighted by atomic mass is 15.3. The third kappa shape index (κ3) is 8.13. The van der Waals surface area contributed by atoms with Crippen LogP contribution in [0.15, 0.2) is 188 Å². The molecule has 4 heteroatoms. The van der Waals surface area contributed by atoms with Crippen LogP contribution in [-0.4, -0.2) is 12.3 Å². The molecule has 2 atom stereocenters. The van der Waals surface area contributed by atoms with E-state index in [2.05, 4.69) is 293 Å². The Kier molecular flexibility index (Phi) is 12.0. The second-order valence-electron chi connectivity index (χ2n) is 27.5. The average molecular weight is 1040 g/mol. The second-order valence-corrected chi connectivity index (χ2v) is 27.5. The van der Waals surface area contributed by atoms with Crippen molar-refractivity contribution >= 4 is 68.6 Å². The molecule has 0 saturated heterocycles. The normalized spacial score (nSPS) is 18.4. The van der Waals surface area contributed by atoms with Gasteiger partial charge in [-0.05, 0) is 165 Å². The molecule has 1 aliphatic carbocycles. The van der Waals surface area contributed by atoms with E-state index in [1.807, 2.05) is 0 Å². The van der Waals surface area contributed by atoms with Gasteiger partial charge in [0.05, 0.1) is 16.9 Å². The first-order valence-electron chi connectivity index (χ1n) is 29.6. The van der Waals surface area contributed by atoms with E-state index in [9.17, 15) is 0 Å². The van der Waals surface area contributed by atoms with Crippen LogP contribution in [0.4, 0.5) is 45.5 Å². The van der Waals surface area contributed by atoms with Gasteiger partial charge in [-0.3, -0.25) is 0 Å². The van der Waals surface area contributed by atoms with Crippen LogP contribution in [0.2, 0.25) is 0 Å². The Morgan fingerprint density at radius 3 is 1.44 bits per heavy atom. The van der Waals surface area contributed by atoms with Crippen LogP contribution in [0.25, 0.3) is 33.4 Å². The van der Waals surface area contributed by atoms with Gasteiger partial charge in [0.2, 0.25) is 0 Å². The SMILES string of the molecule is Cc1cc(C)c2c(c1)C1(C)CCCCC1(C)N2c1cc2c3c(c1)N(c1ccc(C(C)(C)C)cc1-c1ccccc1)c1cc(-c4ccccc4)ccc1B3c1cc(C(C)(C)C)ccc1N2c1ccc(C(C)(C)C)cc1-c1ccccc1. The van der Waals surface area contributed by atoms with Gasteiger partial charge in [0.15, 0.2) is 0 Å². The van der Waals surface area contributed by atoms with Gasteiger partial charge in [0.1, 0.15) is 0 Å². The van der Waals surface area contributed by atoms with Crippen molar-refractivity contribution in [2.45, 2.75) is 143 Å². The van der Waals surface area contributed by atoms with Crippen molar-refractivity contribution < 1.29 is 0 Å². The smallest absolute Gasteiger partial charge is 0.252 e. The number of aryl methyl sites for hydroxylation is 2. The molecule has 1 saturated carbocycles. The molecule has 0 spiro atoms. The fraction of sp³-hybridized carbons (Fsp3) is 0.289. The average Bonchev–Trinajstić information content (AvgIpc) is 3.05. The summed E-state index contributed by atoms with van der Waals surface area (Å²) in [6.07, 6.45) is 4.71. The molecule has 3 heterocycles. The maximum atomic E-state index is 2.86. The number of benzene rings is 9. The molecular weight excluding hydrogens is 966 g/mol. The number of hydrogen-bond acceptors (Lipinski definition) is 3. The summed E-state index contributed by atoms with van der Waals surface area (Å²) in [5, 5.41) is 0. The summed E-state index contributed by atoms with van der Waals surface area (Å²) in [6.45, 7) is 30.9. The molecule has 0 N–H and O–H groups in total. The van der Waals surface area contributed by atoms with Crippen molar-refractivity contribution in [3.8, 4) is 33.4 Å². The minimum absolute atomic E-state index is 0.0495. The van der Waals surface area contributed by atoms with Crippen LogP contribution in [0, 0.1) is 13.8 Å². The highest BCUT2D eigenvalue weighted by molar-refractivity contribution is 7.00. The maximum absolute atomic E-state index is 2.86. The third-order valence-electron chi connectivity index (χ3n) is 19.2. The molecule has 3 nitrogen and oxygen atoms in total. The molecule has 0 aromatic heterocycles. The van der Waals surface area contributed by atoms with Gasteiger partial charge >= 0.3 is 0 Å².